The quantitative estimate of drug-likeness (QED) is 0.622. The van der Waals surface area contributed by atoms with Crippen LogP contribution in [-0.4, -0.2) is 13.4 Å². The molecule has 0 unspecified atom stereocenters. The van der Waals surface area contributed by atoms with E-state index in [0.29, 0.717) is 5.56 Å². The predicted octanol–water partition coefficient (Wildman–Crippen LogP) is 6.20. The molecule has 1 aliphatic rings. The van der Waals surface area contributed by atoms with Gasteiger partial charge in [-0.1, -0.05) is 43.7 Å². The Labute approximate surface area is 150 Å². The van der Waals surface area contributed by atoms with Crippen LogP contribution in [0.3, 0.4) is 0 Å². The van der Waals surface area contributed by atoms with Gasteiger partial charge in [0.05, 0.1) is 7.11 Å². The van der Waals surface area contributed by atoms with Gasteiger partial charge in [-0.3, -0.25) is 4.79 Å². The monoisotopic (exact) mass is 334 g/mol. The highest BCUT2D eigenvalue weighted by Gasteiger charge is 2.26. The van der Waals surface area contributed by atoms with Crippen LogP contribution in [0, 0.1) is 5.41 Å². The topological polar surface area (TPSA) is 26.3 Å². The van der Waals surface area contributed by atoms with Crippen LogP contribution in [-0.2, 0) is 0 Å². The molecule has 2 aromatic rings. The predicted molar refractivity (Wildman–Crippen MR) is 105 cm³/mol. The summed E-state index contributed by atoms with van der Waals surface area (Å²) in [6.07, 6.45) is 9.05. The first-order valence-corrected chi connectivity index (χ1v) is 8.90. The molecule has 0 saturated heterocycles. The third-order valence-corrected chi connectivity index (χ3v) is 5.30. The summed E-state index contributed by atoms with van der Waals surface area (Å²) >= 11 is 0. The zero-order valence-electron chi connectivity index (χ0n) is 15.6. The molecule has 0 heterocycles. The highest BCUT2D eigenvalue weighted by molar-refractivity contribution is 5.94. The first kappa shape index (κ1) is 17.5. The van der Waals surface area contributed by atoms with E-state index in [2.05, 4.69) is 51.1 Å². The molecular formula is C23H26O2. The molecule has 0 N–H and O–H groups in total. The van der Waals surface area contributed by atoms with Gasteiger partial charge in [-0.2, -0.15) is 0 Å². The summed E-state index contributed by atoms with van der Waals surface area (Å²) in [6.45, 7) is 6.92. The zero-order chi connectivity index (χ0) is 18.0. The first-order valence-electron chi connectivity index (χ1n) is 8.90. The average Bonchev–Trinajstić information content (AvgIpc) is 2.59. The molecule has 2 nitrogen and oxygen atoms in total. The lowest BCUT2D eigenvalue weighted by Gasteiger charge is -2.32. The van der Waals surface area contributed by atoms with E-state index in [9.17, 15) is 4.79 Å². The molecule has 0 radical (unpaired) electrons. The van der Waals surface area contributed by atoms with Gasteiger partial charge in [0.1, 0.15) is 12.0 Å². The summed E-state index contributed by atoms with van der Waals surface area (Å²) in [5.41, 5.74) is 4.99. The number of hydrogen-bond donors (Lipinski definition) is 0. The molecule has 0 aliphatic heterocycles. The Bertz CT molecular complexity index is 869. The van der Waals surface area contributed by atoms with Crippen LogP contribution in [0.15, 0.2) is 47.6 Å². The molecule has 1 aliphatic carbocycles. The molecule has 2 heteroatoms. The number of rotatable bonds is 4. The van der Waals surface area contributed by atoms with E-state index in [1.54, 1.807) is 13.2 Å². The van der Waals surface area contributed by atoms with Crippen molar-refractivity contribution < 1.29 is 9.53 Å². The standard InChI is InChI=1S/C23H26O2/c1-16-6-5-11-23(2,3)21(16)10-8-17-7-9-19-12-18(15-24)14-22(25-4)20(19)13-17/h7-10,12-15H,5-6,11H2,1-4H3/b10-8+. The Morgan fingerprint density at radius 3 is 2.56 bits per heavy atom. The number of benzene rings is 2. The fourth-order valence-corrected chi connectivity index (χ4v) is 3.89. The minimum atomic E-state index is 0.242. The van der Waals surface area contributed by atoms with Gasteiger partial charge in [0.15, 0.2) is 0 Å². The van der Waals surface area contributed by atoms with Crippen molar-refractivity contribution in [3.05, 3.63) is 58.7 Å². The van der Waals surface area contributed by atoms with Crippen molar-refractivity contribution in [3.8, 4) is 5.75 Å². The lowest BCUT2D eigenvalue weighted by molar-refractivity contribution is 0.112. The smallest absolute Gasteiger partial charge is 0.150 e. The third kappa shape index (κ3) is 3.53. The first-order chi connectivity index (χ1) is 11.9. The van der Waals surface area contributed by atoms with Crippen LogP contribution in [0.1, 0.15) is 56.0 Å². The van der Waals surface area contributed by atoms with Crippen molar-refractivity contribution in [2.24, 2.45) is 5.41 Å². The van der Waals surface area contributed by atoms with E-state index in [-0.39, 0.29) is 5.41 Å². The Morgan fingerprint density at radius 2 is 1.88 bits per heavy atom. The second kappa shape index (κ2) is 6.87. The number of fused-ring (bicyclic) bond motifs is 1. The van der Waals surface area contributed by atoms with Crippen LogP contribution >= 0.6 is 0 Å². The SMILES string of the molecule is COc1cc(C=O)cc2ccc(/C=C/C3=C(C)CCCC3(C)C)cc12. The van der Waals surface area contributed by atoms with Gasteiger partial charge in [0.2, 0.25) is 0 Å². The molecule has 0 amide bonds. The van der Waals surface area contributed by atoms with Crippen LogP contribution < -0.4 is 4.74 Å². The summed E-state index contributed by atoms with van der Waals surface area (Å²) in [4.78, 5) is 11.1. The number of allylic oxidation sites excluding steroid dienone is 3. The summed E-state index contributed by atoms with van der Waals surface area (Å²) in [5.74, 6) is 0.739. The molecule has 0 fully saturated rings. The van der Waals surface area contributed by atoms with E-state index in [0.717, 1.165) is 28.4 Å². The molecule has 0 saturated carbocycles. The van der Waals surface area contributed by atoms with E-state index in [4.69, 9.17) is 4.74 Å². The Morgan fingerprint density at radius 1 is 1.08 bits per heavy atom. The van der Waals surface area contributed by atoms with Gasteiger partial charge >= 0.3 is 0 Å². The molecule has 25 heavy (non-hydrogen) atoms. The number of aldehydes is 1. The molecule has 0 spiro atoms. The average molecular weight is 334 g/mol. The summed E-state index contributed by atoms with van der Waals surface area (Å²) in [7, 11) is 1.64. The largest absolute Gasteiger partial charge is 0.496 e. The maximum atomic E-state index is 11.1. The molecule has 3 rings (SSSR count). The number of carbonyl (C=O) groups excluding carboxylic acids is 1. The van der Waals surface area contributed by atoms with E-state index in [1.807, 2.05) is 6.07 Å². The van der Waals surface area contributed by atoms with Gasteiger partial charge in [-0.15, -0.1) is 0 Å². The lowest BCUT2D eigenvalue weighted by atomic mass is 9.72. The lowest BCUT2D eigenvalue weighted by Crippen LogP contribution is -2.18. The van der Waals surface area contributed by atoms with Crippen LogP contribution in [0.2, 0.25) is 0 Å². The molecule has 130 valence electrons. The van der Waals surface area contributed by atoms with E-state index >= 15 is 0 Å². The third-order valence-electron chi connectivity index (χ3n) is 5.30. The fourth-order valence-electron chi connectivity index (χ4n) is 3.89. The fraction of sp³-hybridized carbons (Fsp3) is 0.348. The molecule has 0 atom stereocenters. The molecule has 0 bridgehead atoms. The van der Waals surface area contributed by atoms with Crippen molar-refractivity contribution >= 4 is 23.1 Å². The minimum Gasteiger partial charge on any atom is -0.496 e. The van der Waals surface area contributed by atoms with Crippen LogP contribution in [0.4, 0.5) is 0 Å². The van der Waals surface area contributed by atoms with Gasteiger partial charge in [-0.05, 0) is 66.3 Å². The second-order valence-electron chi connectivity index (χ2n) is 7.59. The molecular weight excluding hydrogens is 308 g/mol. The Hall–Kier alpha value is -2.35. The summed E-state index contributed by atoms with van der Waals surface area (Å²) in [5, 5.41) is 2.05. The van der Waals surface area contributed by atoms with Gasteiger partial charge in [0, 0.05) is 10.9 Å². The minimum absolute atomic E-state index is 0.242. The highest BCUT2D eigenvalue weighted by atomic mass is 16.5. The van der Waals surface area contributed by atoms with Gasteiger partial charge in [-0.25, -0.2) is 0 Å². The zero-order valence-corrected chi connectivity index (χ0v) is 15.6. The van der Waals surface area contributed by atoms with E-state index in [1.165, 1.54) is 30.4 Å². The molecule has 2 aromatic carbocycles. The number of ether oxygens (including phenoxy) is 1. The Balaban J connectivity index is 2.01. The number of hydrogen-bond acceptors (Lipinski definition) is 2. The van der Waals surface area contributed by atoms with Crippen molar-refractivity contribution in [3.63, 3.8) is 0 Å². The van der Waals surface area contributed by atoms with Crippen molar-refractivity contribution in [1.29, 1.82) is 0 Å². The Kier molecular flexibility index (Phi) is 4.80. The summed E-state index contributed by atoms with van der Waals surface area (Å²) < 4.78 is 5.48. The maximum absolute atomic E-state index is 11.1. The number of carbonyl (C=O) groups is 1. The maximum Gasteiger partial charge on any atom is 0.150 e. The normalized spacial score (nSPS) is 17.3. The molecule has 0 aromatic heterocycles. The van der Waals surface area contributed by atoms with Gasteiger partial charge < -0.3 is 4.74 Å². The second-order valence-corrected chi connectivity index (χ2v) is 7.59. The van der Waals surface area contributed by atoms with Crippen LogP contribution in [0.25, 0.3) is 16.8 Å². The van der Waals surface area contributed by atoms with E-state index < -0.39 is 0 Å². The summed E-state index contributed by atoms with van der Waals surface area (Å²) in [6, 6.07) is 9.97. The highest BCUT2D eigenvalue weighted by Crippen LogP contribution is 2.41. The van der Waals surface area contributed by atoms with Crippen molar-refractivity contribution in [2.45, 2.75) is 40.0 Å². The van der Waals surface area contributed by atoms with Crippen molar-refractivity contribution in [2.75, 3.05) is 7.11 Å². The van der Waals surface area contributed by atoms with Gasteiger partial charge in [0.25, 0.3) is 0 Å². The van der Waals surface area contributed by atoms with Crippen LogP contribution in [0.5, 0.6) is 5.75 Å². The number of methoxy groups -OCH3 is 1. The van der Waals surface area contributed by atoms with Crippen molar-refractivity contribution in [1.82, 2.24) is 0 Å².